The van der Waals surface area contributed by atoms with E-state index in [1.807, 2.05) is 0 Å². The van der Waals surface area contributed by atoms with Crippen LogP contribution in [-0.4, -0.2) is 39.7 Å². The summed E-state index contributed by atoms with van der Waals surface area (Å²) in [5.74, 6) is -1.79. The van der Waals surface area contributed by atoms with Gasteiger partial charge in [-0.3, -0.25) is 14.6 Å². The summed E-state index contributed by atoms with van der Waals surface area (Å²) in [6, 6.07) is 3.40. The monoisotopic (exact) mass is 236 g/mol. The number of aldehydes is 1. The first kappa shape index (κ1) is 12.8. The molecule has 6 nitrogen and oxygen atoms in total. The lowest BCUT2D eigenvalue weighted by atomic mass is 10.2. The number of hydrogen-bond acceptors (Lipinski definition) is 4. The first-order valence-electron chi connectivity index (χ1n) is 4.95. The second-order valence-electron chi connectivity index (χ2n) is 3.37. The number of nitrogens with zero attached hydrogens (tertiary/aromatic N) is 2. The van der Waals surface area contributed by atoms with Crippen molar-refractivity contribution in [2.45, 2.75) is 13.0 Å². The second kappa shape index (κ2) is 6.37. The fourth-order valence-electron chi connectivity index (χ4n) is 1.29. The lowest BCUT2D eigenvalue weighted by Crippen LogP contribution is -2.33. The molecule has 0 aliphatic heterocycles. The summed E-state index contributed by atoms with van der Waals surface area (Å²) in [6.45, 7) is 0.0851. The summed E-state index contributed by atoms with van der Waals surface area (Å²) in [4.78, 5) is 37.4. The van der Waals surface area contributed by atoms with E-state index in [0.717, 1.165) is 5.56 Å². The van der Waals surface area contributed by atoms with E-state index in [1.165, 1.54) is 4.90 Å². The molecule has 0 aliphatic rings. The second-order valence-corrected chi connectivity index (χ2v) is 3.37. The minimum absolute atomic E-state index is 0.117. The average molecular weight is 236 g/mol. The minimum Gasteiger partial charge on any atom is -0.481 e. The fraction of sp³-hybridized carbons (Fsp3) is 0.273. The van der Waals surface area contributed by atoms with Crippen molar-refractivity contribution in [2.75, 3.05) is 6.54 Å². The molecule has 6 heteroatoms. The third kappa shape index (κ3) is 4.42. The highest BCUT2D eigenvalue weighted by Gasteiger charge is 2.16. The van der Waals surface area contributed by atoms with E-state index in [9.17, 15) is 14.4 Å². The van der Waals surface area contributed by atoms with E-state index in [-0.39, 0.29) is 13.1 Å². The smallest absolute Gasteiger partial charge is 0.312 e. The molecule has 1 N–H and O–H groups in total. The summed E-state index contributed by atoms with van der Waals surface area (Å²) < 4.78 is 0. The van der Waals surface area contributed by atoms with E-state index in [2.05, 4.69) is 4.98 Å². The van der Waals surface area contributed by atoms with Gasteiger partial charge in [-0.25, -0.2) is 0 Å². The standard InChI is InChI=1S/C11H12N2O4/c14-6-5-13(10(15)7-11(16)17)8-9-1-3-12-4-2-9/h1-4,6H,5,7-8H2,(H,16,17). The van der Waals surface area contributed by atoms with Crippen LogP contribution in [0, 0.1) is 0 Å². The van der Waals surface area contributed by atoms with Gasteiger partial charge in [0.05, 0.1) is 6.54 Å². The number of carboxylic acids is 1. The largest absolute Gasteiger partial charge is 0.481 e. The first-order chi connectivity index (χ1) is 8.13. The maximum absolute atomic E-state index is 11.5. The Bertz CT molecular complexity index is 405. The number of aromatic nitrogens is 1. The highest BCUT2D eigenvalue weighted by molar-refractivity contribution is 5.94. The molecule has 0 aliphatic carbocycles. The van der Waals surface area contributed by atoms with Crippen LogP contribution in [0.2, 0.25) is 0 Å². The number of aliphatic carboxylic acids is 1. The van der Waals surface area contributed by atoms with Crippen molar-refractivity contribution < 1.29 is 19.5 Å². The van der Waals surface area contributed by atoms with Crippen molar-refractivity contribution in [1.29, 1.82) is 0 Å². The molecule has 0 unspecified atom stereocenters. The molecule has 0 aromatic carbocycles. The molecular weight excluding hydrogens is 224 g/mol. The number of pyridine rings is 1. The molecule has 0 fully saturated rings. The van der Waals surface area contributed by atoms with E-state index < -0.39 is 18.3 Å². The Morgan fingerprint density at radius 1 is 1.35 bits per heavy atom. The molecule has 1 aromatic rings. The molecule has 1 heterocycles. The van der Waals surface area contributed by atoms with Gasteiger partial charge in [0, 0.05) is 18.9 Å². The van der Waals surface area contributed by atoms with Crippen LogP contribution in [0.25, 0.3) is 0 Å². The predicted octanol–water partition coefficient (Wildman–Crippen LogP) is 0.0838. The number of amides is 1. The third-order valence-electron chi connectivity index (χ3n) is 2.07. The average Bonchev–Trinajstić information content (AvgIpc) is 2.29. The molecular formula is C11H12N2O4. The van der Waals surface area contributed by atoms with Crippen molar-refractivity contribution in [2.24, 2.45) is 0 Å². The molecule has 0 saturated carbocycles. The first-order valence-corrected chi connectivity index (χ1v) is 4.95. The zero-order valence-electron chi connectivity index (χ0n) is 9.07. The number of rotatable bonds is 6. The molecule has 0 saturated heterocycles. The van der Waals surface area contributed by atoms with Crippen molar-refractivity contribution >= 4 is 18.2 Å². The van der Waals surface area contributed by atoms with Gasteiger partial charge >= 0.3 is 5.97 Å². The van der Waals surface area contributed by atoms with E-state index in [0.29, 0.717) is 6.29 Å². The van der Waals surface area contributed by atoms with Crippen LogP contribution in [0.1, 0.15) is 12.0 Å². The highest BCUT2D eigenvalue weighted by Crippen LogP contribution is 2.04. The summed E-state index contributed by atoms with van der Waals surface area (Å²) in [7, 11) is 0. The minimum atomic E-state index is -1.21. The molecule has 0 atom stereocenters. The topological polar surface area (TPSA) is 87.6 Å². The summed E-state index contributed by atoms with van der Waals surface area (Å²) >= 11 is 0. The van der Waals surface area contributed by atoms with Crippen LogP contribution in [0.5, 0.6) is 0 Å². The number of carbonyl (C=O) groups is 3. The van der Waals surface area contributed by atoms with Crippen LogP contribution in [0.4, 0.5) is 0 Å². The van der Waals surface area contributed by atoms with Crippen LogP contribution < -0.4 is 0 Å². The Labute approximate surface area is 97.9 Å². The van der Waals surface area contributed by atoms with Gasteiger partial charge in [0.1, 0.15) is 12.7 Å². The maximum atomic E-state index is 11.5. The number of carbonyl (C=O) groups excluding carboxylic acids is 2. The van der Waals surface area contributed by atoms with Gasteiger partial charge in [0.2, 0.25) is 5.91 Å². The fourth-order valence-corrected chi connectivity index (χ4v) is 1.29. The SMILES string of the molecule is O=CCN(Cc1ccncc1)C(=O)CC(=O)O. The Kier molecular flexibility index (Phi) is 4.80. The van der Waals surface area contributed by atoms with Gasteiger partial charge in [-0.1, -0.05) is 0 Å². The van der Waals surface area contributed by atoms with Gasteiger partial charge in [-0.05, 0) is 17.7 Å². The summed E-state index contributed by atoms with van der Waals surface area (Å²) in [6.07, 6.45) is 3.09. The zero-order valence-corrected chi connectivity index (χ0v) is 9.07. The van der Waals surface area contributed by atoms with Crippen LogP contribution in [0.15, 0.2) is 24.5 Å². The molecule has 1 amide bonds. The Balaban J connectivity index is 2.69. The van der Waals surface area contributed by atoms with Crippen LogP contribution in [-0.2, 0) is 20.9 Å². The molecule has 17 heavy (non-hydrogen) atoms. The van der Waals surface area contributed by atoms with Crippen molar-refractivity contribution in [3.05, 3.63) is 30.1 Å². The van der Waals surface area contributed by atoms with E-state index in [1.54, 1.807) is 24.5 Å². The van der Waals surface area contributed by atoms with E-state index in [4.69, 9.17) is 5.11 Å². The van der Waals surface area contributed by atoms with E-state index >= 15 is 0 Å². The van der Waals surface area contributed by atoms with Gasteiger partial charge in [0.25, 0.3) is 0 Å². The van der Waals surface area contributed by atoms with Gasteiger partial charge in [-0.15, -0.1) is 0 Å². The maximum Gasteiger partial charge on any atom is 0.312 e. The van der Waals surface area contributed by atoms with Crippen molar-refractivity contribution in [3.8, 4) is 0 Å². The lowest BCUT2D eigenvalue weighted by molar-refractivity contribution is -0.145. The summed E-state index contributed by atoms with van der Waals surface area (Å²) in [5.41, 5.74) is 0.792. The number of carboxylic acid groups (broad SMARTS) is 1. The molecule has 1 rings (SSSR count). The third-order valence-corrected chi connectivity index (χ3v) is 2.07. The summed E-state index contributed by atoms with van der Waals surface area (Å²) in [5, 5.41) is 8.52. The normalized spacial score (nSPS) is 9.65. The number of hydrogen-bond donors (Lipinski definition) is 1. The molecule has 0 spiro atoms. The van der Waals surface area contributed by atoms with Crippen molar-refractivity contribution in [1.82, 2.24) is 9.88 Å². The van der Waals surface area contributed by atoms with Gasteiger partial charge in [0.15, 0.2) is 0 Å². The Morgan fingerprint density at radius 3 is 2.53 bits per heavy atom. The zero-order chi connectivity index (χ0) is 12.7. The van der Waals surface area contributed by atoms with Crippen LogP contribution in [0.3, 0.4) is 0 Å². The predicted molar refractivity (Wildman–Crippen MR) is 58.0 cm³/mol. The molecule has 90 valence electrons. The lowest BCUT2D eigenvalue weighted by Gasteiger charge is -2.19. The molecule has 0 bridgehead atoms. The van der Waals surface area contributed by atoms with Gasteiger partial charge in [-0.2, -0.15) is 0 Å². The van der Waals surface area contributed by atoms with Gasteiger partial charge < -0.3 is 14.8 Å². The quantitative estimate of drug-likeness (QED) is 0.558. The van der Waals surface area contributed by atoms with Crippen LogP contribution >= 0.6 is 0 Å². The Morgan fingerprint density at radius 2 is 2.00 bits per heavy atom. The molecule has 0 radical (unpaired) electrons. The highest BCUT2D eigenvalue weighted by atomic mass is 16.4. The Hall–Kier alpha value is -2.24. The molecule has 1 aromatic heterocycles. The van der Waals surface area contributed by atoms with Crippen molar-refractivity contribution in [3.63, 3.8) is 0 Å².